The third kappa shape index (κ3) is 4.10. The zero-order valence-electron chi connectivity index (χ0n) is 16.6. The van der Waals surface area contributed by atoms with Crippen molar-refractivity contribution in [3.63, 3.8) is 0 Å². The van der Waals surface area contributed by atoms with Crippen LogP contribution < -0.4 is 0 Å². The standard InChI is InChI=1S/C17H36O4Si2/c1-16(2,3)22(7,8)18-11-12-13(14-15(19-12)20-14)21-23(9,10)17(4,5)6/h12-15H,11H2,1-10H3/t12-,13-,14+,15+/m1/s1. The summed E-state index contributed by atoms with van der Waals surface area (Å²) < 4.78 is 24.5. The number of hydrogen-bond donors (Lipinski definition) is 0. The van der Waals surface area contributed by atoms with Gasteiger partial charge in [-0.25, -0.2) is 0 Å². The van der Waals surface area contributed by atoms with Gasteiger partial charge in [0.1, 0.15) is 18.3 Å². The highest BCUT2D eigenvalue weighted by Crippen LogP contribution is 2.45. The van der Waals surface area contributed by atoms with E-state index in [-0.39, 0.29) is 34.7 Å². The molecular formula is C17H36O4Si2. The van der Waals surface area contributed by atoms with Gasteiger partial charge in [0.25, 0.3) is 0 Å². The summed E-state index contributed by atoms with van der Waals surface area (Å²) in [5, 5.41) is 0.394. The van der Waals surface area contributed by atoms with Crippen LogP contribution in [-0.2, 0) is 18.3 Å². The molecule has 4 nitrogen and oxygen atoms in total. The molecule has 0 saturated carbocycles. The third-order valence-electron chi connectivity index (χ3n) is 6.13. The van der Waals surface area contributed by atoms with Gasteiger partial charge < -0.3 is 18.3 Å². The predicted octanol–water partition coefficient (Wildman–Crippen LogP) is 4.52. The SMILES string of the molecule is CC(C)(C)[Si](C)(C)OC[C@H]1O[C@H]2O[C@H]2[C@@H]1O[Si](C)(C)C(C)(C)C. The van der Waals surface area contributed by atoms with Crippen molar-refractivity contribution in [1.29, 1.82) is 0 Å². The second kappa shape index (κ2) is 5.92. The molecule has 2 aliphatic heterocycles. The van der Waals surface area contributed by atoms with Gasteiger partial charge in [0, 0.05) is 0 Å². The molecule has 2 saturated heterocycles. The first-order valence-electron chi connectivity index (χ1n) is 8.78. The van der Waals surface area contributed by atoms with Crippen molar-refractivity contribution in [3.05, 3.63) is 0 Å². The Hall–Kier alpha value is 0.274. The first-order chi connectivity index (χ1) is 10.2. The number of epoxide rings is 1. The lowest BCUT2D eigenvalue weighted by Gasteiger charge is -2.41. The maximum atomic E-state index is 6.60. The molecular weight excluding hydrogens is 324 g/mol. The van der Waals surface area contributed by atoms with Crippen LogP contribution in [0.4, 0.5) is 0 Å². The molecule has 2 fully saturated rings. The average molecular weight is 361 g/mol. The lowest BCUT2D eigenvalue weighted by molar-refractivity contribution is -0.0809. The van der Waals surface area contributed by atoms with E-state index < -0.39 is 16.6 Å². The summed E-state index contributed by atoms with van der Waals surface area (Å²) >= 11 is 0. The van der Waals surface area contributed by atoms with Crippen LogP contribution in [0, 0.1) is 0 Å². The molecule has 0 aromatic rings. The average Bonchev–Trinajstić information content (AvgIpc) is 3.01. The fourth-order valence-electron chi connectivity index (χ4n) is 2.21. The van der Waals surface area contributed by atoms with Crippen molar-refractivity contribution in [2.45, 2.75) is 102 Å². The minimum atomic E-state index is -1.84. The minimum absolute atomic E-state index is 0.00185. The molecule has 0 aromatic heterocycles. The molecule has 2 aliphatic rings. The Morgan fingerprint density at radius 1 is 0.826 bits per heavy atom. The quantitative estimate of drug-likeness (QED) is 0.534. The summed E-state index contributed by atoms with van der Waals surface area (Å²) in [6, 6.07) is 0. The molecule has 0 aromatic carbocycles. The van der Waals surface area contributed by atoms with Crippen molar-refractivity contribution in [2.75, 3.05) is 6.61 Å². The lowest BCUT2D eigenvalue weighted by Crippen LogP contribution is -2.50. The van der Waals surface area contributed by atoms with E-state index in [2.05, 4.69) is 67.7 Å². The topological polar surface area (TPSA) is 40.2 Å². The van der Waals surface area contributed by atoms with Gasteiger partial charge in [0.05, 0.1) is 6.61 Å². The second-order valence-electron chi connectivity index (χ2n) is 10.1. The number of fused-ring (bicyclic) bond motifs is 1. The van der Waals surface area contributed by atoms with Crippen LogP contribution in [0.1, 0.15) is 41.5 Å². The summed E-state index contributed by atoms with van der Waals surface area (Å²) in [5.41, 5.74) is 0. The van der Waals surface area contributed by atoms with E-state index in [1.807, 2.05) is 0 Å². The van der Waals surface area contributed by atoms with E-state index in [0.717, 1.165) is 0 Å². The van der Waals surface area contributed by atoms with Crippen molar-refractivity contribution in [2.24, 2.45) is 0 Å². The van der Waals surface area contributed by atoms with E-state index in [4.69, 9.17) is 18.3 Å². The fraction of sp³-hybridized carbons (Fsp3) is 1.00. The number of rotatable bonds is 5. The Morgan fingerprint density at radius 3 is 1.83 bits per heavy atom. The molecule has 0 radical (unpaired) electrons. The van der Waals surface area contributed by atoms with Gasteiger partial charge in [0.2, 0.25) is 0 Å². The van der Waals surface area contributed by atoms with E-state index in [0.29, 0.717) is 6.61 Å². The molecule has 0 unspecified atom stereocenters. The highest BCUT2D eigenvalue weighted by atomic mass is 28.4. The van der Waals surface area contributed by atoms with E-state index in [1.54, 1.807) is 0 Å². The zero-order valence-corrected chi connectivity index (χ0v) is 18.6. The Labute approximate surface area is 144 Å². The maximum Gasteiger partial charge on any atom is 0.192 e. The molecule has 2 heterocycles. The Balaban J connectivity index is 2.00. The largest absolute Gasteiger partial charge is 0.414 e. The summed E-state index contributed by atoms with van der Waals surface area (Å²) in [4.78, 5) is 0. The Morgan fingerprint density at radius 2 is 1.35 bits per heavy atom. The summed E-state index contributed by atoms with van der Waals surface area (Å²) in [5.74, 6) is 0. The van der Waals surface area contributed by atoms with Crippen LogP contribution in [0.15, 0.2) is 0 Å². The monoisotopic (exact) mass is 360 g/mol. The van der Waals surface area contributed by atoms with Crippen LogP contribution in [0.2, 0.25) is 36.3 Å². The van der Waals surface area contributed by atoms with Crippen molar-refractivity contribution >= 4 is 16.6 Å². The van der Waals surface area contributed by atoms with Gasteiger partial charge in [0.15, 0.2) is 22.9 Å². The van der Waals surface area contributed by atoms with Crippen molar-refractivity contribution in [3.8, 4) is 0 Å². The van der Waals surface area contributed by atoms with Gasteiger partial charge in [-0.15, -0.1) is 0 Å². The first kappa shape index (κ1) is 19.6. The maximum absolute atomic E-state index is 6.60. The molecule has 0 aliphatic carbocycles. The van der Waals surface area contributed by atoms with Gasteiger partial charge in [-0.05, 0) is 36.3 Å². The molecule has 0 bridgehead atoms. The van der Waals surface area contributed by atoms with Gasteiger partial charge in [-0.3, -0.25) is 0 Å². The van der Waals surface area contributed by atoms with Gasteiger partial charge >= 0.3 is 0 Å². The first-order valence-corrected chi connectivity index (χ1v) is 14.6. The lowest BCUT2D eigenvalue weighted by atomic mass is 10.2. The highest BCUT2D eigenvalue weighted by Gasteiger charge is 2.60. The fourth-order valence-corrected chi connectivity index (χ4v) is 4.55. The summed E-state index contributed by atoms with van der Waals surface area (Å²) in [6.07, 6.45) is 0.0579. The van der Waals surface area contributed by atoms with Crippen molar-refractivity contribution < 1.29 is 18.3 Å². The van der Waals surface area contributed by atoms with Gasteiger partial charge in [-0.2, -0.15) is 0 Å². The molecule has 2 rings (SSSR count). The van der Waals surface area contributed by atoms with E-state index in [9.17, 15) is 0 Å². The zero-order chi connectivity index (χ0) is 17.8. The van der Waals surface area contributed by atoms with Crippen molar-refractivity contribution in [1.82, 2.24) is 0 Å². The Kier molecular flexibility index (Phi) is 5.04. The highest BCUT2D eigenvalue weighted by molar-refractivity contribution is 6.74. The van der Waals surface area contributed by atoms with Crippen LogP contribution in [0.3, 0.4) is 0 Å². The van der Waals surface area contributed by atoms with E-state index >= 15 is 0 Å². The Bertz CT molecular complexity index is 437. The minimum Gasteiger partial charge on any atom is -0.414 e. The summed E-state index contributed by atoms with van der Waals surface area (Å²) in [7, 11) is -3.61. The van der Waals surface area contributed by atoms with Crippen LogP contribution >= 0.6 is 0 Å². The normalized spacial score (nSPS) is 32.1. The molecule has 23 heavy (non-hydrogen) atoms. The predicted molar refractivity (Wildman–Crippen MR) is 98.8 cm³/mol. The van der Waals surface area contributed by atoms with Crippen LogP contribution in [0.5, 0.6) is 0 Å². The molecule has 0 spiro atoms. The smallest absolute Gasteiger partial charge is 0.192 e. The molecule has 0 amide bonds. The molecule has 136 valence electrons. The molecule has 4 atom stereocenters. The summed E-state index contributed by atoms with van der Waals surface area (Å²) in [6.45, 7) is 23.3. The third-order valence-corrected chi connectivity index (χ3v) is 15.1. The van der Waals surface area contributed by atoms with Crippen LogP contribution in [-0.4, -0.2) is 47.8 Å². The molecule has 6 heteroatoms. The van der Waals surface area contributed by atoms with Crippen LogP contribution in [0.25, 0.3) is 0 Å². The van der Waals surface area contributed by atoms with E-state index in [1.165, 1.54) is 0 Å². The van der Waals surface area contributed by atoms with Gasteiger partial charge in [-0.1, -0.05) is 41.5 Å². The number of hydrogen-bond acceptors (Lipinski definition) is 4. The second-order valence-corrected chi connectivity index (χ2v) is 19.6. The molecule has 0 N–H and O–H groups in total. The number of ether oxygens (including phenoxy) is 2.